The van der Waals surface area contributed by atoms with Gasteiger partial charge in [-0.15, -0.1) is 0 Å². The summed E-state index contributed by atoms with van der Waals surface area (Å²) in [4.78, 5) is 12.6. The van der Waals surface area contributed by atoms with Crippen molar-refractivity contribution in [2.45, 2.75) is 40.4 Å². The number of rotatable bonds is 6. The van der Waals surface area contributed by atoms with Crippen molar-refractivity contribution in [3.8, 4) is 0 Å². The second kappa shape index (κ2) is 7.95. The second-order valence-corrected chi connectivity index (χ2v) is 7.50. The zero-order valence-corrected chi connectivity index (χ0v) is 17.1. The third-order valence-corrected chi connectivity index (χ3v) is 5.49. The van der Waals surface area contributed by atoms with Crippen molar-refractivity contribution >= 4 is 16.8 Å². The molecule has 4 rings (SSSR count). The molecule has 0 radical (unpaired) electrons. The summed E-state index contributed by atoms with van der Waals surface area (Å²) < 4.78 is 4.07. The topological polar surface area (TPSA) is 51.9 Å². The fourth-order valence-corrected chi connectivity index (χ4v) is 3.84. The summed E-state index contributed by atoms with van der Waals surface area (Å²) >= 11 is 0. The third-order valence-electron chi connectivity index (χ3n) is 5.49. The van der Waals surface area contributed by atoms with Crippen LogP contribution in [0.15, 0.2) is 60.7 Å². The van der Waals surface area contributed by atoms with E-state index in [1.807, 2.05) is 48.9 Å². The van der Waals surface area contributed by atoms with E-state index < -0.39 is 0 Å². The summed E-state index contributed by atoms with van der Waals surface area (Å²) in [6.45, 7) is 7.64. The first kappa shape index (κ1) is 19.0. The first-order valence-electron chi connectivity index (χ1n) is 9.91. The zero-order chi connectivity index (χ0) is 20.4. The molecule has 0 saturated carbocycles. The summed E-state index contributed by atoms with van der Waals surface area (Å²) in [6, 6.07) is 20.6. The lowest BCUT2D eigenvalue weighted by atomic mass is 10.2. The van der Waals surface area contributed by atoms with Crippen LogP contribution in [0.2, 0.25) is 0 Å². The number of para-hydroxylation sites is 1. The van der Waals surface area contributed by atoms with Crippen LogP contribution in [0, 0.1) is 20.8 Å². The van der Waals surface area contributed by atoms with Gasteiger partial charge in [-0.05, 0) is 43.9 Å². The van der Waals surface area contributed by atoms with E-state index >= 15 is 0 Å². The predicted octanol–water partition coefficient (Wildman–Crippen LogP) is 4.13. The van der Waals surface area contributed by atoms with Gasteiger partial charge in [0.2, 0.25) is 5.91 Å². The molecule has 5 heteroatoms. The number of nitrogens with zero attached hydrogens (tertiary/aromatic N) is 3. The van der Waals surface area contributed by atoms with Crippen molar-refractivity contribution in [1.82, 2.24) is 19.7 Å². The van der Waals surface area contributed by atoms with Crippen molar-refractivity contribution in [3.63, 3.8) is 0 Å². The SMILES string of the molecule is Cc1nn(Cc2ccccc2)c(C)c1CNC(=O)Cn1c(C)cc2ccccc21. The molecule has 0 unspecified atom stereocenters. The van der Waals surface area contributed by atoms with Gasteiger partial charge in [0.05, 0.1) is 12.2 Å². The average molecular weight is 386 g/mol. The lowest BCUT2D eigenvalue weighted by molar-refractivity contribution is -0.121. The molecule has 2 aromatic carbocycles. The molecule has 4 aromatic rings. The van der Waals surface area contributed by atoms with E-state index in [9.17, 15) is 4.79 Å². The fourth-order valence-electron chi connectivity index (χ4n) is 3.84. The van der Waals surface area contributed by atoms with Gasteiger partial charge < -0.3 is 9.88 Å². The minimum atomic E-state index is 0.00376. The summed E-state index contributed by atoms with van der Waals surface area (Å²) in [5, 5.41) is 8.91. The number of amides is 1. The van der Waals surface area contributed by atoms with Crippen LogP contribution < -0.4 is 5.32 Å². The highest BCUT2D eigenvalue weighted by Gasteiger charge is 2.14. The minimum absolute atomic E-state index is 0.00376. The van der Waals surface area contributed by atoms with Crippen LogP contribution in [0.3, 0.4) is 0 Å². The van der Waals surface area contributed by atoms with Crippen LogP contribution >= 0.6 is 0 Å². The number of hydrogen-bond donors (Lipinski definition) is 1. The largest absolute Gasteiger partial charge is 0.350 e. The Morgan fingerprint density at radius 2 is 1.72 bits per heavy atom. The highest BCUT2D eigenvalue weighted by Crippen LogP contribution is 2.19. The highest BCUT2D eigenvalue weighted by atomic mass is 16.1. The monoisotopic (exact) mass is 386 g/mol. The molecule has 29 heavy (non-hydrogen) atoms. The number of aromatic nitrogens is 3. The van der Waals surface area contributed by atoms with E-state index in [1.54, 1.807) is 0 Å². The Hall–Kier alpha value is -3.34. The molecule has 1 N–H and O–H groups in total. The molecule has 0 bridgehead atoms. The van der Waals surface area contributed by atoms with Crippen LogP contribution in [0.1, 0.15) is 28.2 Å². The molecule has 2 aromatic heterocycles. The van der Waals surface area contributed by atoms with Gasteiger partial charge in [-0.3, -0.25) is 9.48 Å². The summed E-state index contributed by atoms with van der Waals surface area (Å²) in [7, 11) is 0. The molecule has 0 atom stereocenters. The van der Waals surface area contributed by atoms with E-state index in [0.29, 0.717) is 13.1 Å². The molecule has 0 aliphatic heterocycles. The quantitative estimate of drug-likeness (QED) is 0.542. The van der Waals surface area contributed by atoms with Gasteiger partial charge >= 0.3 is 0 Å². The van der Waals surface area contributed by atoms with E-state index in [0.717, 1.165) is 40.1 Å². The van der Waals surface area contributed by atoms with Gasteiger partial charge in [0.15, 0.2) is 0 Å². The van der Waals surface area contributed by atoms with E-state index in [2.05, 4.69) is 52.2 Å². The van der Waals surface area contributed by atoms with Gasteiger partial charge in [0.25, 0.3) is 0 Å². The van der Waals surface area contributed by atoms with Crippen LogP contribution in [0.5, 0.6) is 0 Å². The van der Waals surface area contributed by atoms with Gasteiger partial charge in [0, 0.05) is 29.0 Å². The molecule has 148 valence electrons. The first-order chi connectivity index (χ1) is 14.0. The maximum absolute atomic E-state index is 12.6. The van der Waals surface area contributed by atoms with Gasteiger partial charge in [-0.1, -0.05) is 48.5 Å². The number of nitrogens with one attached hydrogen (secondary N) is 1. The third kappa shape index (κ3) is 3.94. The first-order valence-corrected chi connectivity index (χ1v) is 9.91. The molecule has 2 heterocycles. The van der Waals surface area contributed by atoms with Crippen molar-refractivity contribution < 1.29 is 4.79 Å². The Kier molecular flexibility index (Phi) is 5.21. The van der Waals surface area contributed by atoms with Crippen LogP contribution in [-0.2, 0) is 24.4 Å². The number of carbonyl (C=O) groups is 1. The average Bonchev–Trinajstić information content (AvgIpc) is 3.17. The molecule has 0 aliphatic rings. The number of hydrogen-bond acceptors (Lipinski definition) is 2. The Morgan fingerprint density at radius 3 is 2.52 bits per heavy atom. The predicted molar refractivity (Wildman–Crippen MR) is 116 cm³/mol. The van der Waals surface area contributed by atoms with Crippen molar-refractivity contribution in [2.24, 2.45) is 0 Å². The highest BCUT2D eigenvalue weighted by molar-refractivity contribution is 5.84. The molecule has 0 fully saturated rings. The summed E-state index contributed by atoms with van der Waals surface area (Å²) in [6.07, 6.45) is 0. The number of carbonyl (C=O) groups excluding carboxylic acids is 1. The molecular formula is C24H26N4O. The fraction of sp³-hybridized carbons (Fsp3) is 0.250. The Bertz CT molecular complexity index is 1150. The number of benzene rings is 2. The Labute approximate surface area is 171 Å². The molecule has 1 amide bonds. The molecule has 0 aliphatic carbocycles. The van der Waals surface area contributed by atoms with Crippen molar-refractivity contribution in [1.29, 1.82) is 0 Å². The smallest absolute Gasteiger partial charge is 0.240 e. The van der Waals surface area contributed by atoms with Crippen LogP contribution in [-0.4, -0.2) is 20.3 Å². The number of fused-ring (bicyclic) bond motifs is 1. The maximum atomic E-state index is 12.6. The number of aryl methyl sites for hydroxylation is 2. The van der Waals surface area contributed by atoms with Gasteiger partial charge in [-0.25, -0.2) is 0 Å². The Balaban J connectivity index is 1.45. The van der Waals surface area contributed by atoms with E-state index in [-0.39, 0.29) is 5.91 Å². The van der Waals surface area contributed by atoms with Gasteiger partial charge in [0.1, 0.15) is 6.54 Å². The Morgan fingerprint density at radius 1 is 1.00 bits per heavy atom. The zero-order valence-electron chi connectivity index (χ0n) is 17.1. The minimum Gasteiger partial charge on any atom is -0.350 e. The lowest BCUT2D eigenvalue weighted by Crippen LogP contribution is -2.27. The standard InChI is InChI=1S/C24H26N4O/c1-17-13-21-11-7-8-12-23(21)27(17)16-24(29)25-14-22-18(2)26-28(19(22)3)15-20-9-5-4-6-10-20/h4-13H,14-16H2,1-3H3,(H,25,29). The van der Waals surface area contributed by atoms with Crippen LogP contribution in [0.25, 0.3) is 10.9 Å². The van der Waals surface area contributed by atoms with Gasteiger partial charge in [-0.2, -0.15) is 5.10 Å². The van der Waals surface area contributed by atoms with E-state index in [1.165, 1.54) is 5.56 Å². The second-order valence-electron chi connectivity index (χ2n) is 7.50. The maximum Gasteiger partial charge on any atom is 0.240 e. The van der Waals surface area contributed by atoms with Crippen molar-refractivity contribution in [3.05, 3.63) is 88.9 Å². The molecule has 0 saturated heterocycles. The normalized spacial score (nSPS) is 11.1. The van der Waals surface area contributed by atoms with Crippen LogP contribution in [0.4, 0.5) is 0 Å². The molecular weight excluding hydrogens is 360 g/mol. The van der Waals surface area contributed by atoms with Crippen molar-refractivity contribution in [2.75, 3.05) is 0 Å². The molecule has 0 spiro atoms. The lowest BCUT2D eigenvalue weighted by Gasteiger charge is -2.10. The van der Waals surface area contributed by atoms with E-state index in [4.69, 9.17) is 0 Å². The summed E-state index contributed by atoms with van der Waals surface area (Å²) in [5.74, 6) is 0.00376. The summed E-state index contributed by atoms with van der Waals surface area (Å²) in [5.41, 5.74) is 6.52. The molecule has 5 nitrogen and oxygen atoms in total.